The Morgan fingerprint density at radius 1 is 1.25 bits per heavy atom. The average Bonchev–Trinajstić information content (AvgIpc) is 2.82. The Hall–Kier alpha value is -1.55. The summed E-state index contributed by atoms with van der Waals surface area (Å²) in [6.45, 7) is 9.35. The van der Waals surface area contributed by atoms with Gasteiger partial charge in [-0.3, -0.25) is 4.99 Å². The number of anilines is 1. The topological polar surface area (TPSA) is 39.7 Å². The van der Waals surface area contributed by atoms with E-state index in [-0.39, 0.29) is 5.54 Å². The molecule has 2 rings (SSSR count). The van der Waals surface area contributed by atoms with Crippen molar-refractivity contribution in [2.45, 2.75) is 32.7 Å². The molecule has 0 fully saturated rings. The lowest BCUT2D eigenvalue weighted by molar-refractivity contribution is 0.428. The van der Waals surface area contributed by atoms with Crippen LogP contribution in [0.1, 0.15) is 26.3 Å². The first kappa shape index (κ1) is 14.9. The van der Waals surface area contributed by atoms with Crippen LogP contribution in [0.15, 0.2) is 29.3 Å². The van der Waals surface area contributed by atoms with Gasteiger partial charge < -0.3 is 15.5 Å². The van der Waals surface area contributed by atoms with E-state index in [9.17, 15) is 0 Å². The van der Waals surface area contributed by atoms with Crippen molar-refractivity contribution in [1.82, 2.24) is 10.6 Å². The van der Waals surface area contributed by atoms with Crippen LogP contribution in [0.3, 0.4) is 0 Å². The number of benzene rings is 1. The summed E-state index contributed by atoms with van der Waals surface area (Å²) in [6, 6.07) is 8.56. The first-order valence-electron chi connectivity index (χ1n) is 7.32. The minimum absolute atomic E-state index is 0.158. The second-order valence-corrected chi connectivity index (χ2v) is 6.18. The van der Waals surface area contributed by atoms with E-state index in [2.05, 4.69) is 65.6 Å². The highest BCUT2D eigenvalue weighted by Gasteiger charge is 2.22. The molecule has 4 nitrogen and oxygen atoms in total. The quantitative estimate of drug-likeness (QED) is 0.503. The Kier molecular flexibility index (Phi) is 4.65. The maximum absolute atomic E-state index is 4.41. The normalized spacial score (nSPS) is 15.4. The third-order valence-electron chi connectivity index (χ3n) is 3.42. The average molecular weight is 274 g/mol. The third kappa shape index (κ3) is 3.73. The lowest BCUT2D eigenvalue weighted by atomic mass is 10.1. The second kappa shape index (κ2) is 6.27. The third-order valence-corrected chi connectivity index (χ3v) is 3.42. The fraction of sp³-hybridized carbons (Fsp3) is 0.562. The summed E-state index contributed by atoms with van der Waals surface area (Å²) < 4.78 is 0. The van der Waals surface area contributed by atoms with Gasteiger partial charge in [0.05, 0.1) is 0 Å². The molecule has 0 bridgehead atoms. The summed E-state index contributed by atoms with van der Waals surface area (Å²) in [7, 11) is 1.85. The van der Waals surface area contributed by atoms with Gasteiger partial charge in [0, 0.05) is 37.9 Å². The number of para-hydroxylation sites is 1. The second-order valence-electron chi connectivity index (χ2n) is 6.18. The zero-order valence-electron chi connectivity index (χ0n) is 13.0. The molecule has 0 aromatic heterocycles. The van der Waals surface area contributed by atoms with Crippen LogP contribution >= 0.6 is 0 Å². The zero-order valence-corrected chi connectivity index (χ0v) is 13.0. The number of rotatable bonds is 3. The Morgan fingerprint density at radius 3 is 2.70 bits per heavy atom. The van der Waals surface area contributed by atoms with Crippen molar-refractivity contribution in [2.75, 3.05) is 31.6 Å². The fourth-order valence-electron chi connectivity index (χ4n) is 2.47. The standard InChI is InChI=1S/C16H26N4/c1-16(2,3)19-11-10-18-15(17-4)20-12-9-13-7-5-6-8-14(13)20/h5-8,19H,9-12H2,1-4H3,(H,17,18). The van der Waals surface area contributed by atoms with Gasteiger partial charge in [-0.05, 0) is 38.8 Å². The molecule has 0 atom stereocenters. The van der Waals surface area contributed by atoms with Crippen LogP contribution in [0.25, 0.3) is 0 Å². The van der Waals surface area contributed by atoms with Gasteiger partial charge in [0.2, 0.25) is 0 Å². The maximum Gasteiger partial charge on any atom is 0.198 e. The molecule has 1 aliphatic rings. The SMILES string of the molecule is CN=C(NCCNC(C)(C)C)N1CCc2ccccc21. The van der Waals surface area contributed by atoms with Crippen molar-refractivity contribution in [2.24, 2.45) is 4.99 Å². The van der Waals surface area contributed by atoms with E-state index in [1.54, 1.807) is 0 Å². The molecular formula is C16H26N4. The van der Waals surface area contributed by atoms with Gasteiger partial charge in [-0.15, -0.1) is 0 Å². The molecule has 1 aliphatic heterocycles. The van der Waals surface area contributed by atoms with Crippen molar-refractivity contribution < 1.29 is 0 Å². The number of aliphatic imine (C=N–C) groups is 1. The summed E-state index contributed by atoms with van der Waals surface area (Å²) in [5.41, 5.74) is 2.85. The molecule has 0 spiro atoms. The molecule has 110 valence electrons. The van der Waals surface area contributed by atoms with Crippen molar-refractivity contribution >= 4 is 11.6 Å². The van der Waals surface area contributed by atoms with Crippen molar-refractivity contribution in [3.05, 3.63) is 29.8 Å². The first-order valence-corrected chi connectivity index (χ1v) is 7.32. The molecular weight excluding hydrogens is 248 g/mol. The minimum Gasteiger partial charge on any atom is -0.355 e. The number of hydrogen-bond donors (Lipinski definition) is 2. The molecule has 0 saturated heterocycles. The van der Waals surface area contributed by atoms with Crippen LogP contribution in [-0.4, -0.2) is 38.2 Å². The molecule has 0 aliphatic carbocycles. The Morgan fingerprint density at radius 2 is 2.00 bits per heavy atom. The molecule has 4 heteroatoms. The highest BCUT2D eigenvalue weighted by Crippen LogP contribution is 2.27. The first-order chi connectivity index (χ1) is 9.51. The van der Waals surface area contributed by atoms with Crippen molar-refractivity contribution in [3.8, 4) is 0 Å². The fourth-order valence-corrected chi connectivity index (χ4v) is 2.47. The number of nitrogens with one attached hydrogen (secondary N) is 2. The summed E-state index contributed by atoms with van der Waals surface area (Å²) in [5.74, 6) is 0.964. The smallest absolute Gasteiger partial charge is 0.198 e. The van der Waals surface area contributed by atoms with Crippen LogP contribution in [0, 0.1) is 0 Å². The molecule has 2 N–H and O–H groups in total. The van der Waals surface area contributed by atoms with Crippen LogP contribution in [0.2, 0.25) is 0 Å². The van der Waals surface area contributed by atoms with E-state index in [1.807, 2.05) is 7.05 Å². The summed E-state index contributed by atoms with van der Waals surface area (Å²) in [5, 5.41) is 6.91. The summed E-state index contributed by atoms with van der Waals surface area (Å²) in [6.07, 6.45) is 1.09. The van der Waals surface area contributed by atoms with Gasteiger partial charge in [-0.2, -0.15) is 0 Å². The number of nitrogens with zero attached hydrogens (tertiary/aromatic N) is 2. The van der Waals surface area contributed by atoms with Gasteiger partial charge in [0.1, 0.15) is 0 Å². The van der Waals surface area contributed by atoms with Crippen LogP contribution in [-0.2, 0) is 6.42 Å². The molecule has 0 saturated carbocycles. The molecule has 0 unspecified atom stereocenters. The molecule has 0 radical (unpaired) electrons. The lowest BCUT2D eigenvalue weighted by Gasteiger charge is -2.24. The Labute approximate surface area is 122 Å². The summed E-state index contributed by atoms with van der Waals surface area (Å²) >= 11 is 0. The van der Waals surface area contributed by atoms with Crippen LogP contribution < -0.4 is 15.5 Å². The van der Waals surface area contributed by atoms with Gasteiger partial charge in [0.15, 0.2) is 5.96 Å². The van der Waals surface area contributed by atoms with E-state index in [1.165, 1.54) is 11.3 Å². The number of hydrogen-bond acceptors (Lipinski definition) is 2. The van der Waals surface area contributed by atoms with E-state index in [0.29, 0.717) is 0 Å². The lowest BCUT2D eigenvalue weighted by Crippen LogP contribution is -2.45. The van der Waals surface area contributed by atoms with Gasteiger partial charge in [0.25, 0.3) is 0 Å². The molecule has 0 amide bonds. The van der Waals surface area contributed by atoms with E-state index in [0.717, 1.165) is 32.0 Å². The largest absolute Gasteiger partial charge is 0.355 e. The predicted octanol–water partition coefficient (Wildman–Crippen LogP) is 2.01. The highest BCUT2D eigenvalue weighted by atomic mass is 15.3. The van der Waals surface area contributed by atoms with Gasteiger partial charge in [-0.25, -0.2) is 0 Å². The zero-order chi connectivity index (χ0) is 14.6. The summed E-state index contributed by atoms with van der Waals surface area (Å²) in [4.78, 5) is 6.68. The van der Waals surface area contributed by atoms with Crippen LogP contribution in [0.5, 0.6) is 0 Å². The van der Waals surface area contributed by atoms with Crippen molar-refractivity contribution in [3.63, 3.8) is 0 Å². The van der Waals surface area contributed by atoms with E-state index in [4.69, 9.17) is 0 Å². The molecule has 20 heavy (non-hydrogen) atoms. The number of guanidine groups is 1. The molecule has 1 heterocycles. The Balaban J connectivity index is 1.91. The van der Waals surface area contributed by atoms with Gasteiger partial charge >= 0.3 is 0 Å². The van der Waals surface area contributed by atoms with Crippen LogP contribution in [0.4, 0.5) is 5.69 Å². The minimum atomic E-state index is 0.158. The Bertz CT molecular complexity index is 474. The molecule has 1 aromatic rings. The van der Waals surface area contributed by atoms with E-state index < -0.39 is 0 Å². The maximum atomic E-state index is 4.41. The van der Waals surface area contributed by atoms with Crippen molar-refractivity contribution in [1.29, 1.82) is 0 Å². The predicted molar refractivity (Wildman–Crippen MR) is 86.6 cm³/mol. The monoisotopic (exact) mass is 274 g/mol. The highest BCUT2D eigenvalue weighted by molar-refractivity contribution is 5.97. The molecule has 1 aromatic carbocycles. The van der Waals surface area contributed by atoms with Gasteiger partial charge in [-0.1, -0.05) is 18.2 Å². The van der Waals surface area contributed by atoms with E-state index >= 15 is 0 Å². The number of fused-ring (bicyclic) bond motifs is 1.